The van der Waals surface area contributed by atoms with Gasteiger partial charge in [0.25, 0.3) is 0 Å². The number of para-hydroxylation sites is 1. The number of anilines is 1. The van der Waals surface area contributed by atoms with Crippen LogP contribution in [0, 0.1) is 5.82 Å². The second-order valence-electron chi connectivity index (χ2n) is 8.41. The second-order valence-corrected chi connectivity index (χ2v) is 9.81. The van der Waals surface area contributed by atoms with Crippen molar-refractivity contribution in [1.29, 1.82) is 0 Å². The number of ether oxygens (including phenoxy) is 1. The zero-order chi connectivity index (χ0) is 25.4. The summed E-state index contributed by atoms with van der Waals surface area (Å²) in [5, 5.41) is 5.09. The number of aromatic nitrogens is 1. The number of rotatable bonds is 5. The molecule has 0 aliphatic carbocycles. The van der Waals surface area contributed by atoms with Crippen molar-refractivity contribution in [2.45, 2.75) is 17.6 Å². The Bertz CT molecular complexity index is 1470. The van der Waals surface area contributed by atoms with Gasteiger partial charge in [0.2, 0.25) is 11.8 Å². The fourth-order valence-electron chi connectivity index (χ4n) is 4.57. The summed E-state index contributed by atoms with van der Waals surface area (Å²) in [5.41, 5.74) is 2.85. The third-order valence-electron chi connectivity index (χ3n) is 6.25. The lowest BCUT2D eigenvalue weighted by molar-refractivity contribution is -0.125. The van der Waals surface area contributed by atoms with E-state index in [1.165, 1.54) is 35.9 Å². The van der Waals surface area contributed by atoms with Gasteiger partial charge in [0, 0.05) is 35.1 Å². The molecule has 0 spiro atoms. The Balaban J connectivity index is 1.67. The Hall–Kier alpha value is -3.49. The van der Waals surface area contributed by atoms with Gasteiger partial charge in [-0.3, -0.25) is 14.5 Å². The number of carbonyl (C=O) groups excluding carboxylic acids is 2. The highest BCUT2D eigenvalue weighted by Crippen LogP contribution is 2.45. The van der Waals surface area contributed by atoms with Crippen LogP contribution in [0.15, 0.2) is 71.8 Å². The van der Waals surface area contributed by atoms with E-state index in [-0.39, 0.29) is 29.9 Å². The van der Waals surface area contributed by atoms with Gasteiger partial charge in [0.05, 0.1) is 23.6 Å². The van der Waals surface area contributed by atoms with Crippen molar-refractivity contribution in [3.05, 3.63) is 88.7 Å². The van der Waals surface area contributed by atoms with Crippen molar-refractivity contribution >= 4 is 51.8 Å². The molecular formula is C27H23ClFN3O3S. The molecule has 36 heavy (non-hydrogen) atoms. The number of halogens is 2. The molecule has 0 saturated heterocycles. The Morgan fingerprint density at radius 2 is 1.92 bits per heavy atom. The minimum Gasteiger partial charge on any atom is -0.495 e. The highest BCUT2D eigenvalue weighted by Gasteiger charge is 2.40. The molecule has 0 fully saturated rings. The summed E-state index contributed by atoms with van der Waals surface area (Å²) >= 11 is 7.73. The zero-order valence-electron chi connectivity index (χ0n) is 19.6. The van der Waals surface area contributed by atoms with Crippen LogP contribution in [-0.2, 0) is 23.2 Å². The molecule has 1 aliphatic heterocycles. The molecule has 0 bridgehead atoms. The summed E-state index contributed by atoms with van der Waals surface area (Å²) < 4.78 is 20.9. The maximum absolute atomic E-state index is 13.9. The highest BCUT2D eigenvalue weighted by molar-refractivity contribution is 8.00. The van der Waals surface area contributed by atoms with Gasteiger partial charge in [0.15, 0.2) is 0 Å². The van der Waals surface area contributed by atoms with E-state index in [0.29, 0.717) is 16.5 Å². The summed E-state index contributed by atoms with van der Waals surface area (Å²) in [6.45, 7) is 0.178. The number of aryl methyl sites for hydroxylation is 1. The first-order valence-electron chi connectivity index (χ1n) is 11.3. The molecule has 1 aliphatic rings. The van der Waals surface area contributed by atoms with Crippen molar-refractivity contribution in [3.8, 4) is 5.75 Å². The summed E-state index contributed by atoms with van der Waals surface area (Å²) in [6.07, 6.45) is 0. The van der Waals surface area contributed by atoms with Crippen LogP contribution in [0.2, 0.25) is 5.02 Å². The topological polar surface area (TPSA) is 63.6 Å². The molecule has 1 aromatic heterocycles. The molecule has 9 heteroatoms. The molecule has 5 rings (SSSR count). The van der Waals surface area contributed by atoms with Gasteiger partial charge in [-0.15, -0.1) is 0 Å². The van der Waals surface area contributed by atoms with Crippen LogP contribution in [0.4, 0.5) is 10.1 Å². The van der Waals surface area contributed by atoms with Gasteiger partial charge in [-0.25, -0.2) is 4.39 Å². The first kappa shape index (κ1) is 24.2. The SMILES string of the molecule is COc1ccc(Cl)cc1N1C(=O)CSc2c(c3ccccc3n2C)C1C(=O)NCc1ccc(F)cc1. The van der Waals surface area contributed by atoms with E-state index in [1.54, 1.807) is 30.3 Å². The quantitative estimate of drug-likeness (QED) is 0.376. The van der Waals surface area contributed by atoms with Gasteiger partial charge in [-0.2, -0.15) is 0 Å². The van der Waals surface area contributed by atoms with Gasteiger partial charge in [0.1, 0.15) is 17.6 Å². The van der Waals surface area contributed by atoms with E-state index >= 15 is 0 Å². The van der Waals surface area contributed by atoms with Crippen LogP contribution in [0.1, 0.15) is 17.2 Å². The molecule has 2 amide bonds. The fraction of sp³-hybridized carbons (Fsp3) is 0.185. The maximum atomic E-state index is 13.9. The number of amides is 2. The lowest BCUT2D eigenvalue weighted by atomic mass is 10.0. The number of methoxy groups -OCH3 is 1. The maximum Gasteiger partial charge on any atom is 0.248 e. The van der Waals surface area contributed by atoms with Gasteiger partial charge >= 0.3 is 0 Å². The van der Waals surface area contributed by atoms with E-state index in [9.17, 15) is 14.0 Å². The second kappa shape index (κ2) is 9.87. The number of thioether (sulfide) groups is 1. The van der Waals surface area contributed by atoms with Crippen molar-refractivity contribution in [3.63, 3.8) is 0 Å². The molecule has 1 unspecified atom stereocenters. The van der Waals surface area contributed by atoms with Crippen LogP contribution in [-0.4, -0.2) is 29.2 Å². The van der Waals surface area contributed by atoms with E-state index in [0.717, 1.165) is 27.1 Å². The largest absolute Gasteiger partial charge is 0.495 e. The van der Waals surface area contributed by atoms with Crippen LogP contribution >= 0.6 is 23.4 Å². The standard InChI is InChI=1S/C27H23ClFN3O3S/c1-31-20-6-4-3-5-19(20)24-25(26(34)30-14-16-7-10-18(29)11-8-16)32(23(33)15-36-27(24)31)21-13-17(28)9-12-22(21)35-2/h3-13,25H,14-15H2,1-2H3,(H,30,34). The van der Waals surface area contributed by atoms with Gasteiger partial charge in [-0.05, 0) is 42.0 Å². The van der Waals surface area contributed by atoms with Crippen LogP contribution in [0.25, 0.3) is 10.9 Å². The first-order chi connectivity index (χ1) is 17.4. The normalized spacial score (nSPS) is 15.5. The number of nitrogens with zero attached hydrogens (tertiary/aromatic N) is 2. The summed E-state index contributed by atoms with van der Waals surface area (Å²) in [5.74, 6) is -0.402. The lowest BCUT2D eigenvalue weighted by Crippen LogP contribution is -2.44. The first-order valence-corrected chi connectivity index (χ1v) is 12.6. The van der Waals surface area contributed by atoms with Crippen LogP contribution in [0.5, 0.6) is 5.75 Å². The molecule has 4 aromatic rings. The average Bonchev–Trinajstić information content (AvgIpc) is 3.06. The minimum absolute atomic E-state index is 0.134. The lowest BCUT2D eigenvalue weighted by Gasteiger charge is -2.31. The third-order valence-corrected chi connectivity index (χ3v) is 7.65. The number of hydrogen-bond donors (Lipinski definition) is 1. The van der Waals surface area contributed by atoms with Crippen molar-refractivity contribution < 1.29 is 18.7 Å². The number of benzene rings is 3. The molecule has 1 atom stereocenters. The Morgan fingerprint density at radius 1 is 1.17 bits per heavy atom. The number of hydrogen-bond acceptors (Lipinski definition) is 4. The monoisotopic (exact) mass is 523 g/mol. The predicted octanol–water partition coefficient (Wildman–Crippen LogP) is 5.48. The van der Waals surface area contributed by atoms with Gasteiger partial charge in [-0.1, -0.05) is 53.7 Å². The van der Waals surface area contributed by atoms with Crippen molar-refractivity contribution in [2.75, 3.05) is 17.8 Å². The number of fused-ring (bicyclic) bond motifs is 3. The van der Waals surface area contributed by atoms with Gasteiger partial charge < -0.3 is 14.6 Å². The molecule has 3 aromatic carbocycles. The van der Waals surface area contributed by atoms with Crippen LogP contribution < -0.4 is 15.0 Å². The molecule has 0 radical (unpaired) electrons. The molecule has 1 N–H and O–H groups in total. The van der Waals surface area contributed by atoms with E-state index in [2.05, 4.69) is 5.32 Å². The molecule has 6 nitrogen and oxygen atoms in total. The van der Waals surface area contributed by atoms with Crippen molar-refractivity contribution in [2.24, 2.45) is 7.05 Å². The minimum atomic E-state index is -0.985. The van der Waals surface area contributed by atoms with Crippen LogP contribution in [0.3, 0.4) is 0 Å². The molecule has 184 valence electrons. The van der Waals surface area contributed by atoms with E-state index < -0.39 is 6.04 Å². The average molecular weight is 524 g/mol. The highest BCUT2D eigenvalue weighted by atomic mass is 35.5. The fourth-order valence-corrected chi connectivity index (χ4v) is 5.81. The Kier molecular flexibility index (Phi) is 6.64. The summed E-state index contributed by atoms with van der Waals surface area (Å²) in [6, 6.07) is 17.7. The Labute approximate surface area is 217 Å². The number of carbonyl (C=O) groups is 2. The zero-order valence-corrected chi connectivity index (χ0v) is 21.2. The smallest absolute Gasteiger partial charge is 0.248 e. The molecule has 0 saturated carbocycles. The molecular weight excluding hydrogens is 501 g/mol. The third kappa shape index (κ3) is 4.31. The Morgan fingerprint density at radius 3 is 2.67 bits per heavy atom. The van der Waals surface area contributed by atoms with E-state index in [4.69, 9.17) is 16.3 Å². The van der Waals surface area contributed by atoms with Crippen molar-refractivity contribution in [1.82, 2.24) is 9.88 Å². The number of nitrogens with one attached hydrogen (secondary N) is 1. The molecule has 2 heterocycles. The summed E-state index contributed by atoms with van der Waals surface area (Å²) in [7, 11) is 3.44. The predicted molar refractivity (Wildman–Crippen MR) is 140 cm³/mol. The van der Waals surface area contributed by atoms with E-state index in [1.807, 2.05) is 35.9 Å². The summed E-state index contributed by atoms with van der Waals surface area (Å²) in [4.78, 5) is 29.0.